The molecule has 0 aliphatic heterocycles. The monoisotopic (exact) mass is 384 g/mol. The average molecular weight is 384 g/mol. The van der Waals surface area contributed by atoms with Crippen LogP contribution in [0, 0.1) is 18.3 Å². The molecule has 3 aromatic rings. The maximum absolute atomic E-state index is 12.0. The third-order valence-corrected chi connectivity index (χ3v) is 4.88. The Morgan fingerprint density at radius 3 is 2.81 bits per heavy atom. The van der Waals surface area contributed by atoms with Crippen LogP contribution in [-0.4, -0.2) is 34.8 Å². The van der Waals surface area contributed by atoms with Crippen LogP contribution in [-0.2, 0) is 20.9 Å². The number of methoxy groups -OCH3 is 2. The van der Waals surface area contributed by atoms with Crippen molar-refractivity contribution in [3.63, 3.8) is 0 Å². The Balaban J connectivity index is 1.86. The van der Waals surface area contributed by atoms with Gasteiger partial charge in [-0.2, -0.15) is 10.2 Å². The van der Waals surface area contributed by atoms with Crippen molar-refractivity contribution in [1.29, 1.82) is 5.26 Å². The van der Waals surface area contributed by atoms with E-state index >= 15 is 0 Å². The zero-order chi connectivity index (χ0) is 19.4. The highest BCUT2D eigenvalue weighted by molar-refractivity contribution is 7.18. The Kier molecular flexibility index (Phi) is 5.38. The van der Waals surface area contributed by atoms with Gasteiger partial charge in [-0.25, -0.2) is 9.31 Å². The van der Waals surface area contributed by atoms with Gasteiger partial charge in [-0.05, 0) is 19.1 Å². The summed E-state index contributed by atoms with van der Waals surface area (Å²) in [5.74, 6) is 0.451. The highest BCUT2D eigenvalue weighted by atomic mass is 32.1. The van der Waals surface area contributed by atoms with E-state index in [0.29, 0.717) is 32.5 Å². The Morgan fingerprint density at radius 2 is 2.15 bits per heavy atom. The molecule has 0 spiro atoms. The number of aryl methyl sites for hydroxylation is 1. The van der Waals surface area contributed by atoms with E-state index in [1.807, 2.05) is 6.92 Å². The van der Waals surface area contributed by atoms with Crippen molar-refractivity contribution in [1.82, 2.24) is 14.6 Å². The van der Waals surface area contributed by atoms with Crippen molar-refractivity contribution in [2.24, 2.45) is 0 Å². The van der Waals surface area contributed by atoms with Gasteiger partial charge in [-0.15, -0.1) is 5.10 Å². The summed E-state index contributed by atoms with van der Waals surface area (Å²) < 4.78 is 17.1. The zero-order valence-electron chi connectivity index (χ0n) is 14.9. The number of hydrogen-bond donors (Lipinski definition) is 0. The molecule has 0 radical (unpaired) electrons. The molecule has 27 heavy (non-hydrogen) atoms. The van der Waals surface area contributed by atoms with Crippen molar-refractivity contribution < 1.29 is 19.0 Å². The van der Waals surface area contributed by atoms with Gasteiger partial charge < -0.3 is 14.2 Å². The number of para-hydroxylation sites is 1. The number of esters is 1. The number of aromatic nitrogens is 3. The van der Waals surface area contributed by atoms with Gasteiger partial charge in [0.1, 0.15) is 24.0 Å². The predicted octanol–water partition coefficient (Wildman–Crippen LogP) is 2.71. The van der Waals surface area contributed by atoms with Crippen LogP contribution in [0.3, 0.4) is 0 Å². The summed E-state index contributed by atoms with van der Waals surface area (Å²) in [6, 6.07) is 9.05. The van der Waals surface area contributed by atoms with Crippen LogP contribution in [0.15, 0.2) is 30.5 Å². The molecular weight excluding hydrogens is 368 g/mol. The Labute approximate surface area is 159 Å². The van der Waals surface area contributed by atoms with Gasteiger partial charge in [-0.1, -0.05) is 23.5 Å². The van der Waals surface area contributed by atoms with Crippen LogP contribution in [0.25, 0.3) is 10.5 Å². The minimum Gasteiger partial charge on any atom is -0.503 e. The SMILES string of the molecule is CO/C=C(\C(=O)OC)c1sc2nc(COc3ccccc3C#N)nn2c1C. The third-order valence-electron chi connectivity index (χ3n) is 3.71. The molecule has 2 heterocycles. The van der Waals surface area contributed by atoms with Gasteiger partial charge in [0.25, 0.3) is 0 Å². The topological polar surface area (TPSA) is 98.7 Å². The minimum absolute atomic E-state index is 0.125. The van der Waals surface area contributed by atoms with E-state index in [1.54, 1.807) is 28.8 Å². The normalized spacial score (nSPS) is 11.3. The molecule has 0 aliphatic carbocycles. The van der Waals surface area contributed by atoms with Crippen molar-refractivity contribution in [3.05, 3.63) is 52.5 Å². The van der Waals surface area contributed by atoms with E-state index in [2.05, 4.69) is 16.2 Å². The number of rotatable bonds is 6. The molecule has 0 saturated carbocycles. The fourth-order valence-electron chi connectivity index (χ4n) is 2.44. The van der Waals surface area contributed by atoms with Crippen molar-refractivity contribution in [2.45, 2.75) is 13.5 Å². The fraction of sp³-hybridized carbons (Fsp3) is 0.222. The second kappa shape index (κ2) is 7.88. The van der Waals surface area contributed by atoms with Crippen molar-refractivity contribution >= 4 is 27.8 Å². The van der Waals surface area contributed by atoms with Crippen LogP contribution in [0.5, 0.6) is 5.75 Å². The lowest BCUT2D eigenvalue weighted by molar-refractivity contribution is -0.133. The fourth-order valence-corrected chi connectivity index (χ4v) is 3.52. The first-order chi connectivity index (χ1) is 13.1. The van der Waals surface area contributed by atoms with Crippen LogP contribution < -0.4 is 4.74 Å². The third kappa shape index (κ3) is 3.61. The van der Waals surface area contributed by atoms with Gasteiger partial charge in [0.15, 0.2) is 5.82 Å². The van der Waals surface area contributed by atoms with Crippen LogP contribution in [0.2, 0.25) is 0 Å². The van der Waals surface area contributed by atoms with Gasteiger partial charge >= 0.3 is 5.97 Å². The lowest BCUT2D eigenvalue weighted by Gasteiger charge is -2.05. The summed E-state index contributed by atoms with van der Waals surface area (Å²) in [6.07, 6.45) is 1.34. The van der Waals surface area contributed by atoms with Crippen LogP contribution in [0.1, 0.15) is 22.0 Å². The zero-order valence-corrected chi connectivity index (χ0v) is 15.7. The average Bonchev–Trinajstić information content (AvgIpc) is 3.23. The highest BCUT2D eigenvalue weighted by Gasteiger charge is 2.22. The first kappa shape index (κ1) is 18.4. The summed E-state index contributed by atoms with van der Waals surface area (Å²) in [6.45, 7) is 1.95. The highest BCUT2D eigenvalue weighted by Crippen LogP contribution is 2.29. The van der Waals surface area contributed by atoms with E-state index in [1.165, 1.54) is 31.8 Å². The van der Waals surface area contributed by atoms with Gasteiger partial charge in [0, 0.05) is 0 Å². The molecule has 1 aromatic carbocycles. The number of carbonyl (C=O) groups is 1. The van der Waals surface area contributed by atoms with Gasteiger partial charge in [0.05, 0.1) is 36.6 Å². The molecular formula is C18H16N4O4S. The molecule has 0 atom stereocenters. The number of fused-ring (bicyclic) bond motifs is 1. The standard InChI is InChI=1S/C18H16N4O4S/c1-11-16(13(9-24-2)17(23)25-3)27-18-20-15(21-22(11)18)10-26-14-7-5-4-6-12(14)8-19/h4-7,9H,10H2,1-3H3/b13-9-. The number of ether oxygens (including phenoxy) is 3. The quantitative estimate of drug-likeness (QED) is 0.366. The molecule has 0 saturated heterocycles. The van der Waals surface area contributed by atoms with Crippen LogP contribution >= 0.6 is 11.3 Å². The number of nitrogens with zero attached hydrogens (tertiary/aromatic N) is 4. The summed E-state index contributed by atoms with van der Waals surface area (Å²) in [5, 5.41) is 13.5. The van der Waals surface area contributed by atoms with E-state index in [-0.39, 0.29) is 6.61 Å². The summed E-state index contributed by atoms with van der Waals surface area (Å²) in [5.41, 5.74) is 1.49. The maximum atomic E-state index is 12.0. The number of hydrogen-bond acceptors (Lipinski definition) is 8. The predicted molar refractivity (Wildman–Crippen MR) is 98.1 cm³/mol. The van der Waals surface area contributed by atoms with E-state index in [4.69, 9.17) is 19.5 Å². The maximum Gasteiger partial charge on any atom is 0.342 e. The molecule has 3 rings (SSSR count). The lowest BCUT2D eigenvalue weighted by Crippen LogP contribution is -2.05. The lowest BCUT2D eigenvalue weighted by atomic mass is 10.2. The molecule has 2 aromatic heterocycles. The van der Waals surface area contributed by atoms with Gasteiger partial charge in [-0.3, -0.25) is 0 Å². The second-order valence-corrected chi connectivity index (χ2v) is 6.37. The van der Waals surface area contributed by atoms with E-state index < -0.39 is 5.97 Å². The minimum atomic E-state index is -0.499. The summed E-state index contributed by atoms with van der Waals surface area (Å²) in [7, 11) is 2.77. The number of thiazole rings is 1. The molecule has 0 aliphatic rings. The smallest absolute Gasteiger partial charge is 0.342 e. The molecule has 0 bridgehead atoms. The molecule has 0 N–H and O–H groups in total. The van der Waals surface area contributed by atoms with Gasteiger partial charge in [0.2, 0.25) is 4.96 Å². The van der Waals surface area contributed by atoms with Crippen molar-refractivity contribution in [3.8, 4) is 11.8 Å². The Morgan fingerprint density at radius 1 is 1.37 bits per heavy atom. The summed E-state index contributed by atoms with van der Waals surface area (Å²) >= 11 is 1.30. The number of benzene rings is 1. The first-order valence-corrected chi connectivity index (χ1v) is 8.69. The molecule has 0 amide bonds. The molecule has 0 fully saturated rings. The molecule has 9 heteroatoms. The van der Waals surface area contributed by atoms with Crippen molar-refractivity contribution in [2.75, 3.05) is 14.2 Å². The van der Waals surface area contributed by atoms with E-state index in [9.17, 15) is 4.79 Å². The number of nitriles is 1. The largest absolute Gasteiger partial charge is 0.503 e. The van der Waals surface area contributed by atoms with E-state index in [0.717, 1.165) is 5.69 Å². The first-order valence-electron chi connectivity index (χ1n) is 7.87. The van der Waals surface area contributed by atoms with Crippen LogP contribution in [0.4, 0.5) is 0 Å². The Hall–Kier alpha value is -3.38. The number of carbonyl (C=O) groups excluding carboxylic acids is 1. The summed E-state index contributed by atoms with van der Waals surface area (Å²) in [4.78, 5) is 17.7. The second-order valence-electron chi connectivity index (χ2n) is 5.39. The molecule has 8 nitrogen and oxygen atoms in total. The molecule has 0 unspecified atom stereocenters. The molecule has 138 valence electrons. The Bertz CT molecular complexity index is 1060.